The van der Waals surface area contributed by atoms with Crippen LogP contribution in [0.4, 0.5) is 0 Å². The molecule has 0 N–H and O–H groups in total. The average Bonchev–Trinajstić information content (AvgIpc) is 2.92. The summed E-state index contributed by atoms with van der Waals surface area (Å²) in [4.78, 5) is 0. The monoisotopic (exact) mass is 474 g/mol. The van der Waals surface area contributed by atoms with Gasteiger partial charge in [0.2, 0.25) is 0 Å². The molecule has 0 aromatic heterocycles. The third kappa shape index (κ3) is 4.62. The molecule has 4 aromatic carbocycles. The van der Waals surface area contributed by atoms with Gasteiger partial charge in [-0.15, -0.1) is 0 Å². The Kier molecular flexibility index (Phi) is 7.06. The molecule has 0 saturated heterocycles. The van der Waals surface area contributed by atoms with Gasteiger partial charge in [-0.1, -0.05) is 109 Å². The first kappa shape index (κ1) is 24.1. The fourth-order valence-corrected chi connectivity index (χ4v) is 5.48. The molecule has 4 aromatic rings. The van der Waals surface area contributed by atoms with E-state index in [9.17, 15) is 0 Å². The first-order valence-corrected chi connectivity index (χ1v) is 12.8. The number of hydrogen-bond acceptors (Lipinski definition) is 2. The SMILES string of the molecule is C=C(C)[C@H](CCC1Cc2cc(OC)ccc21)OC(c1ccccc1)(c1ccccc1)c1ccccc1. The minimum absolute atomic E-state index is 0.0899. The molecule has 182 valence electrons. The van der Waals surface area contributed by atoms with Crippen molar-refractivity contribution in [1.82, 2.24) is 0 Å². The van der Waals surface area contributed by atoms with Gasteiger partial charge in [-0.3, -0.25) is 0 Å². The van der Waals surface area contributed by atoms with Crippen LogP contribution in [0.2, 0.25) is 0 Å². The minimum atomic E-state index is -0.738. The summed E-state index contributed by atoms with van der Waals surface area (Å²) < 4.78 is 12.7. The molecule has 0 bridgehead atoms. The second-order valence-corrected chi connectivity index (χ2v) is 9.78. The number of rotatable bonds is 10. The zero-order chi connectivity index (χ0) is 25.0. The van der Waals surface area contributed by atoms with Gasteiger partial charge in [-0.25, -0.2) is 0 Å². The summed E-state index contributed by atoms with van der Waals surface area (Å²) in [5.74, 6) is 1.49. The predicted molar refractivity (Wildman–Crippen MR) is 148 cm³/mol. The van der Waals surface area contributed by atoms with Crippen LogP contribution in [0, 0.1) is 0 Å². The van der Waals surface area contributed by atoms with E-state index in [-0.39, 0.29) is 6.10 Å². The van der Waals surface area contributed by atoms with Crippen LogP contribution in [0.1, 0.15) is 53.5 Å². The van der Waals surface area contributed by atoms with Gasteiger partial charge in [0.25, 0.3) is 0 Å². The van der Waals surface area contributed by atoms with Crippen LogP contribution in [0.5, 0.6) is 5.75 Å². The van der Waals surface area contributed by atoms with Gasteiger partial charge in [-0.05, 0) is 72.1 Å². The number of methoxy groups -OCH3 is 1. The van der Waals surface area contributed by atoms with Crippen molar-refractivity contribution in [2.75, 3.05) is 7.11 Å². The zero-order valence-electron chi connectivity index (χ0n) is 21.2. The van der Waals surface area contributed by atoms with Gasteiger partial charge >= 0.3 is 0 Å². The van der Waals surface area contributed by atoms with Crippen molar-refractivity contribution in [2.24, 2.45) is 0 Å². The van der Waals surface area contributed by atoms with Crippen LogP contribution in [-0.4, -0.2) is 13.2 Å². The Bertz CT molecular complexity index is 1200. The molecule has 2 heteroatoms. The molecule has 0 aliphatic heterocycles. The van der Waals surface area contributed by atoms with Crippen LogP contribution in [-0.2, 0) is 16.8 Å². The Labute approximate surface area is 215 Å². The van der Waals surface area contributed by atoms with E-state index >= 15 is 0 Å². The standard InChI is InChI=1S/C34H34O2/c1-25(2)33(22-19-26-23-27-24-31(35-3)20-21-32(26)27)36-34(28-13-7-4-8-14-28,29-15-9-5-10-16-29)30-17-11-6-12-18-30/h4-18,20-21,24,26,33H,1,19,22-23H2,2-3H3/t26?,33-/m0/s1. The third-order valence-electron chi connectivity index (χ3n) is 7.44. The lowest BCUT2D eigenvalue weighted by atomic mass is 9.74. The number of fused-ring (bicyclic) bond motifs is 1. The zero-order valence-corrected chi connectivity index (χ0v) is 21.2. The number of hydrogen-bond donors (Lipinski definition) is 0. The van der Waals surface area contributed by atoms with Crippen molar-refractivity contribution in [3.8, 4) is 5.75 Å². The summed E-state index contributed by atoms with van der Waals surface area (Å²) in [6, 6.07) is 38.2. The molecule has 1 aliphatic carbocycles. The molecule has 0 radical (unpaired) electrons. The molecule has 2 nitrogen and oxygen atoms in total. The van der Waals surface area contributed by atoms with Crippen molar-refractivity contribution in [2.45, 2.75) is 43.8 Å². The Morgan fingerprint density at radius 1 is 0.833 bits per heavy atom. The third-order valence-corrected chi connectivity index (χ3v) is 7.44. The smallest absolute Gasteiger partial charge is 0.144 e. The van der Waals surface area contributed by atoms with E-state index in [2.05, 4.69) is 123 Å². The highest BCUT2D eigenvalue weighted by atomic mass is 16.5. The van der Waals surface area contributed by atoms with E-state index in [0.717, 1.165) is 47.3 Å². The molecule has 0 spiro atoms. The summed E-state index contributed by atoms with van der Waals surface area (Å²) >= 11 is 0. The molecule has 0 amide bonds. The van der Waals surface area contributed by atoms with Crippen molar-refractivity contribution < 1.29 is 9.47 Å². The molecule has 1 unspecified atom stereocenters. The summed E-state index contributed by atoms with van der Waals surface area (Å²) in [7, 11) is 1.73. The summed E-state index contributed by atoms with van der Waals surface area (Å²) in [5.41, 5.74) is 6.52. The predicted octanol–water partition coefficient (Wildman–Crippen LogP) is 8.07. The van der Waals surface area contributed by atoms with Crippen LogP contribution in [0.3, 0.4) is 0 Å². The van der Waals surface area contributed by atoms with Crippen molar-refractivity contribution in [1.29, 1.82) is 0 Å². The highest BCUT2D eigenvalue weighted by Crippen LogP contribution is 2.44. The topological polar surface area (TPSA) is 18.5 Å². The molecule has 5 rings (SSSR count). The highest BCUT2D eigenvalue weighted by molar-refractivity contribution is 5.48. The Balaban J connectivity index is 1.49. The quantitative estimate of drug-likeness (QED) is 0.171. The van der Waals surface area contributed by atoms with E-state index in [1.807, 2.05) is 0 Å². The van der Waals surface area contributed by atoms with E-state index in [1.165, 1.54) is 11.1 Å². The van der Waals surface area contributed by atoms with Crippen LogP contribution >= 0.6 is 0 Å². The molecule has 0 saturated carbocycles. The van der Waals surface area contributed by atoms with Gasteiger partial charge < -0.3 is 9.47 Å². The van der Waals surface area contributed by atoms with Crippen LogP contribution < -0.4 is 4.74 Å². The summed E-state index contributed by atoms with van der Waals surface area (Å²) in [6.45, 7) is 6.46. The second kappa shape index (κ2) is 10.6. The Hall–Kier alpha value is -3.62. The fourth-order valence-electron chi connectivity index (χ4n) is 5.48. The molecular formula is C34H34O2. The van der Waals surface area contributed by atoms with Gasteiger partial charge in [0.05, 0.1) is 13.2 Å². The normalized spacial score (nSPS) is 15.4. The largest absolute Gasteiger partial charge is 0.497 e. The van der Waals surface area contributed by atoms with Gasteiger partial charge in [0, 0.05) is 0 Å². The highest BCUT2D eigenvalue weighted by Gasteiger charge is 2.40. The minimum Gasteiger partial charge on any atom is -0.497 e. The van der Waals surface area contributed by atoms with E-state index in [0.29, 0.717) is 5.92 Å². The molecule has 1 aliphatic rings. The van der Waals surface area contributed by atoms with Crippen molar-refractivity contribution in [3.05, 3.63) is 149 Å². The lowest BCUT2D eigenvalue weighted by Crippen LogP contribution is -2.37. The van der Waals surface area contributed by atoms with Gasteiger partial charge in [-0.2, -0.15) is 0 Å². The maximum absolute atomic E-state index is 7.28. The van der Waals surface area contributed by atoms with E-state index in [1.54, 1.807) is 7.11 Å². The maximum atomic E-state index is 7.28. The van der Waals surface area contributed by atoms with Crippen molar-refractivity contribution >= 4 is 0 Å². The van der Waals surface area contributed by atoms with Crippen LogP contribution in [0.25, 0.3) is 0 Å². The first-order chi connectivity index (χ1) is 17.6. The lowest BCUT2D eigenvalue weighted by Gasteiger charge is -2.40. The lowest BCUT2D eigenvalue weighted by molar-refractivity contribution is -0.0345. The van der Waals surface area contributed by atoms with Gasteiger partial charge in [0.15, 0.2) is 0 Å². The van der Waals surface area contributed by atoms with Crippen LogP contribution in [0.15, 0.2) is 121 Å². The average molecular weight is 475 g/mol. The molecular weight excluding hydrogens is 440 g/mol. The second-order valence-electron chi connectivity index (χ2n) is 9.78. The number of benzene rings is 4. The van der Waals surface area contributed by atoms with Crippen molar-refractivity contribution in [3.63, 3.8) is 0 Å². The molecule has 0 fully saturated rings. The molecule has 36 heavy (non-hydrogen) atoms. The summed E-state index contributed by atoms with van der Waals surface area (Å²) in [6.07, 6.45) is 2.98. The maximum Gasteiger partial charge on any atom is 0.144 e. The number of ether oxygens (including phenoxy) is 2. The Morgan fingerprint density at radius 2 is 1.36 bits per heavy atom. The first-order valence-electron chi connectivity index (χ1n) is 12.8. The summed E-state index contributed by atoms with van der Waals surface area (Å²) in [5, 5.41) is 0. The van der Waals surface area contributed by atoms with E-state index in [4.69, 9.17) is 9.47 Å². The Morgan fingerprint density at radius 3 is 1.81 bits per heavy atom. The fraction of sp³-hybridized carbons (Fsp3) is 0.235. The molecule has 2 atom stereocenters. The van der Waals surface area contributed by atoms with E-state index < -0.39 is 5.60 Å². The molecule has 0 heterocycles. The van der Waals surface area contributed by atoms with Gasteiger partial charge in [0.1, 0.15) is 11.4 Å².